The van der Waals surface area contributed by atoms with Crippen molar-refractivity contribution in [3.63, 3.8) is 0 Å². The molecule has 4 rings (SSSR count). The molecule has 1 heterocycles. The summed E-state index contributed by atoms with van der Waals surface area (Å²) in [6.07, 6.45) is 0.450. The van der Waals surface area contributed by atoms with E-state index in [4.69, 9.17) is 45.2 Å². The molecule has 34 heavy (non-hydrogen) atoms. The molecule has 0 bridgehead atoms. The molecule has 0 spiro atoms. The van der Waals surface area contributed by atoms with Crippen molar-refractivity contribution in [1.82, 2.24) is 4.72 Å². The highest BCUT2D eigenvalue weighted by atomic mass is 35.5. The molecule has 1 aliphatic rings. The van der Waals surface area contributed by atoms with Crippen LogP contribution in [0.2, 0.25) is 15.1 Å². The molecule has 0 radical (unpaired) electrons. The number of rotatable bonds is 7. The van der Waals surface area contributed by atoms with Crippen LogP contribution in [-0.2, 0) is 10.0 Å². The number of anilines is 2. The molecule has 0 aliphatic carbocycles. The van der Waals surface area contributed by atoms with Gasteiger partial charge in [0, 0.05) is 16.5 Å². The van der Waals surface area contributed by atoms with Crippen molar-refractivity contribution in [1.29, 1.82) is 0 Å². The van der Waals surface area contributed by atoms with Crippen LogP contribution in [0, 0.1) is 0 Å². The zero-order chi connectivity index (χ0) is 24.5. The summed E-state index contributed by atoms with van der Waals surface area (Å²) in [6.45, 7) is -0.0258. The van der Waals surface area contributed by atoms with Crippen molar-refractivity contribution in [2.75, 3.05) is 16.8 Å². The van der Waals surface area contributed by atoms with Gasteiger partial charge in [0.1, 0.15) is 0 Å². The number of halogens is 3. The lowest BCUT2D eigenvalue weighted by Gasteiger charge is -2.25. The third-order valence-corrected chi connectivity index (χ3v) is 7.44. The highest BCUT2D eigenvalue weighted by molar-refractivity contribution is 7.89. The molecule has 0 saturated carbocycles. The van der Waals surface area contributed by atoms with Crippen LogP contribution in [0.5, 0.6) is 0 Å². The number of hydrazone groups is 1. The Morgan fingerprint density at radius 3 is 2.24 bits per heavy atom. The van der Waals surface area contributed by atoms with Gasteiger partial charge in [0.05, 0.1) is 39.6 Å². The summed E-state index contributed by atoms with van der Waals surface area (Å²) < 4.78 is 28.0. The molecule has 1 atom stereocenters. The largest absolute Gasteiger partial charge is 0.264 e. The first-order valence-corrected chi connectivity index (χ1v) is 12.6. The number of hydrogen-bond acceptors (Lipinski definition) is 7. The first kappa shape index (κ1) is 24.7. The van der Waals surface area contributed by atoms with Gasteiger partial charge in [0.2, 0.25) is 10.0 Å². The van der Waals surface area contributed by atoms with Gasteiger partial charge in [0.15, 0.2) is 0 Å². The fraction of sp³-hybridized carbons (Fsp3) is 0.136. The van der Waals surface area contributed by atoms with E-state index in [-0.39, 0.29) is 28.4 Å². The Bertz CT molecular complexity index is 1320. The molecule has 1 unspecified atom stereocenters. The van der Waals surface area contributed by atoms with Gasteiger partial charge in [-0.15, -0.1) is 5.23 Å². The van der Waals surface area contributed by atoms with Crippen LogP contribution in [0.3, 0.4) is 0 Å². The third-order valence-electron chi connectivity index (χ3n) is 5.23. The van der Waals surface area contributed by atoms with Crippen molar-refractivity contribution < 1.29 is 18.8 Å². The summed E-state index contributed by atoms with van der Waals surface area (Å²) in [7, 11) is -3.87. The minimum Gasteiger partial charge on any atom is -0.264 e. The van der Waals surface area contributed by atoms with Crippen LogP contribution in [0.15, 0.2) is 76.7 Å². The molecule has 3 aromatic carbocycles. The fourth-order valence-corrected chi connectivity index (χ4v) is 5.17. The molecule has 178 valence electrons. The third kappa shape index (κ3) is 5.47. The van der Waals surface area contributed by atoms with E-state index in [1.54, 1.807) is 35.3 Å². The smallest absolute Gasteiger partial charge is 0.240 e. The summed E-state index contributed by atoms with van der Waals surface area (Å²) in [5, 5.41) is 25.9. The van der Waals surface area contributed by atoms with Crippen LogP contribution >= 0.6 is 34.8 Å². The summed E-state index contributed by atoms with van der Waals surface area (Å²) in [5.74, 6) is 0. The van der Waals surface area contributed by atoms with Gasteiger partial charge in [-0.05, 0) is 60.2 Å². The molecule has 3 aromatic rings. The predicted octanol–water partition coefficient (Wildman–Crippen LogP) is 5.52. The summed E-state index contributed by atoms with van der Waals surface area (Å²) in [4.78, 5) is -0.0245. The van der Waals surface area contributed by atoms with E-state index in [2.05, 4.69) is 9.82 Å². The van der Waals surface area contributed by atoms with Gasteiger partial charge in [0.25, 0.3) is 0 Å². The SMILES string of the molecule is O=S(=O)(NCC1=NN(c2ccc(Cl)cc2Cl)C(c2ccc(Cl)cc2)C1)c1ccc(N(O)O)cc1. The topological polar surface area (TPSA) is 105 Å². The first-order valence-electron chi connectivity index (χ1n) is 9.98. The molecular weight excluding hydrogens is 523 g/mol. The minimum absolute atomic E-state index is 0.0245. The van der Waals surface area contributed by atoms with Crippen molar-refractivity contribution in [3.05, 3.63) is 87.4 Å². The molecule has 8 nitrogen and oxygen atoms in total. The molecule has 0 aromatic heterocycles. The van der Waals surface area contributed by atoms with Gasteiger partial charge >= 0.3 is 0 Å². The van der Waals surface area contributed by atoms with E-state index < -0.39 is 10.0 Å². The quantitative estimate of drug-likeness (QED) is 0.340. The second-order valence-corrected chi connectivity index (χ2v) is 10.5. The van der Waals surface area contributed by atoms with Crippen molar-refractivity contribution in [3.8, 4) is 0 Å². The Balaban J connectivity index is 1.58. The Morgan fingerprint density at radius 1 is 0.971 bits per heavy atom. The van der Waals surface area contributed by atoms with Gasteiger partial charge in [-0.3, -0.25) is 15.4 Å². The van der Waals surface area contributed by atoms with Crippen LogP contribution in [-0.4, -0.2) is 31.1 Å². The van der Waals surface area contributed by atoms with Crippen LogP contribution in [0.1, 0.15) is 18.0 Å². The Labute approximate surface area is 211 Å². The lowest BCUT2D eigenvalue weighted by molar-refractivity contribution is 0.0291. The van der Waals surface area contributed by atoms with Crippen molar-refractivity contribution >= 4 is 61.9 Å². The van der Waals surface area contributed by atoms with Gasteiger partial charge < -0.3 is 0 Å². The molecule has 0 fully saturated rings. The molecular formula is C22H19Cl3N4O4S. The standard InChI is InChI=1S/C22H19Cl3N4O4S/c23-15-3-1-14(2-4-15)22-12-17(27-28(22)21-10-5-16(24)11-20(21)25)13-26-34(32,33)19-8-6-18(7-9-19)29(30)31/h1-11,22,26,30-31H,12-13H2. The van der Waals surface area contributed by atoms with Crippen molar-refractivity contribution in [2.24, 2.45) is 5.10 Å². The highest BCUT2D eigenvalue weighted by Gasteiger charge is 2.31. The summed E-state index contributed by atoms with van der Waals surface area (Å²) >= 11 is 18.5. The molecule has 0 saturated heterocycles. The van der Waals surface area contributed by atoms with Crippen LogP contribution < -0.4 is 15.0 Å². The molecule has 0 amide bonds. The van der Waals surface area contributed by atoms with E-state index in [9.17, 15) is 8.42 Å². The van der Waals surface area contributed by atoms with Crippen LogP contribution in [0.4, 0.5) is 11.4 Å². The average molecular weight is 542 g/mol. The Hall–Kier alpha value is -2.37. The molecule has 12 heteroatoms. The predicted molar refractivity (Wildman–Crippen MR) is 133 cm³/mol. The van der Waals surface area contributed by atoms with Gasteiger partial charge in [-0.2, -0.15) is 5.10 Å². The average Bonchev–Trinajstić information content (AvgIpc) is 3.22. The van der Waals surface area contributed by atoms with Crippen molar-refractivity contribution in [2.45, 2.75) is 17.4 Å². The maximum Gasteiger partial charge on any atom is 0.240 e. The summed E-state index contributed by atoms with van der Waals surface area (Å²) in [5.41, 5.74) is 2.20. The lowest BCUT2D eigenvalue weighted by atomic mass is 10.0. The second-order valence-electron chi connectivity index (χ2n) is 7.49. The van der Waals surface area contributed by atoms with E-state index in [0.29, 0.717) is 32.9 Å². The Morgan fingerprint density at radius 2 is 1.62 bits per heavy atom. The number of nitrogens with one attached hydrogen (secondary N) is 1. The Kier molecular flexibility index (Phi) is 7.34. The van der Waals surface area contributed by atoms with Gasteiger partial charge in [-0.25, -0.2) is 13.1 Å². The number of benzene rings is 3. The van der Waals surface area contributed by atoms with Gasteiger partial charge in [-0.1, -0.05) is 46.9 Å². The van der Waals surface area contributed by atoms with E-state index in [1.165, 1.54) is 24.3 Å². The molecule has 1 aliphatic heterocycles. The normalized spacial score (nSPS) is 16.0. The maximum absolute atomic E-state index is 12.7. The van der Waals surface area contributed by atoms with Crippen LogP contribution in [0.25, 0.3) is 0 Å². The monoisotopic (exact) mass is 540 g/mol. The molecule has 3 N–H and O–H groups in total. The first-order chi connectivity index (χ1) is 16.1. The number of nitrogens with zero attached hydrogens (tertiary/aromatic N) is 3. The highest BCUT2D eigenvalue weighted by Crippen LogP contribution is 2.39. The van der Waals surface area contributed by atoms with E-state index >= 15 is 0 Å². The lowest BCUT2D eigenvalue weighted by Crippen LogP contribution is -2.29. The minimum atomic E-state index is -3.87. The van der Waals surface area contributed by atoms with E-state index in [0.717, 1.165) is 5.56 Å². The fourth-order valence-electron chi connectivity index (χ4n) is 3.53. The second kappa shape index (κ2) is 10.1. The number of hydrogen-bond donors (Lipinski definition) is 3. The summed E-state index contributed by atoms with van der Waals surface area (Å²) in [6, 6.07) is 17.3. The zero-order valence-electron chi connectivity index (χ0n) is 17.4. The zero-order valence-corrected chi connectivity index (χ0v) is 20.5. The maximum atomic E-state index is 12.7. The number of sulfonamides is 1. The van der Waals surface area contributed by atoms with E-state index in [1.807, 2.05) is 12.1 Å².